The van der Waals surface area contributed by atoms with Gasteiger partial charge in [0.15, 0.2) is 0 Å². The van der Waals surface area contributed by atoms with Crippen molar-refractivity contribution in [2.24, 2.45) is 0 Å². The van der Waals surface area contributed by atoms with Crippen molar-refractivity contribution in [2.45, 2.75) is 0 Å². The number of rotatable bonds is 3. The number of aromatic nitrogens is 3. The van der Waals surface area contributed by atoms with Crippen LogP contribution in [0.3, 0.4) is 0 Å². The van der Waals surface area contributed by atoms with Crippen molar-refractivity contribution in [3.63, 3.8) is 0 Å². The molecule has 0 radical (unpaired) electrons. The molecule has 4 heterocycles. The molecule has 0 fully saturated rings. The first-order valence-electron chi connectivity index (χ1n) is 16.4. The van der Waals surface area contributed by atoms with Gasteiger partial charge in [0.2, 0.25) is 5.95 Å². The number of furan rings is 1. The Labute approximate surface area is 284 Å². The fourth-order valence-electron chi connectivity index (χ4n) is 7.68. The number of hydrogen-bond acceptors (Lipinski definition) is 4. The Hall–Kier alpha value is -6.30. The average Bonchev–Trinajstić information content (AvgIpc) is 3.84. The van der Waals surface area contributed by atoms with E-state index < -0.39 is 0 Å². The van der Waals surface area contributed by atoms with E-state index in [9.17, 15) is 0 Å². The predicted octanol–water partition coefficient (Wildman–Crippen LogP) is 12.3. The maximum Gasteiger partial charge on any atom is 0.235 e. The third-order valence-corrected chi connectivity index (χ3v) is 11.0. The van der Waals surface area contributed by atoms with Gasteiger partial charge < -0.3 is 4.42 Å². The highest BCUT2D eigenvalue weighted by Crippen LogP contribution is 2.46. The molecule has 11 rings (SSSR count). The quantitative estimate of drug-likeness (QED) is 0.192. The molecule has 0 saturated heterocycles. The molecular formula is C44H25N3OS. The summed E-state index contributed by atoms with van der Waals surface area (Å²) in [6.45, 7) is 0. The van der Waals surface area contributed by atoms with Crippen molar-refractivity contribution in [3.8, 4) is 28.3 Å². The van der Waals surface area contributed by atoms with Crippen LogP contribution in [0.2, 0.25) is 0 Å². The van der Waals surface area contributed by atoms with E-state index in [-0.39, 0.29) is 0 Å². The maximum absolute atomic E-state index is 6.74. The Balaban J connectivity index is 1.37. The minimum atomic E-state index is 0.639. The van der Waals surface area contributed by atoms with Crippen LogP contribution in [-0.2, 0) is 0 Å². The first-order valence-corrected chi connectivity index (χ1v) is 17.2. The molecule has 7 aromatic carbocycles. The van der Waals surface area contributed by atoms with Crippen LogP contribution in [0.1, 0.15) is 0 Å². The van der Waals surface area contributed by atoms with Gasteiger partial charge in [0, 0.05) is 31.8 Å². The Kier molecular flexibility index (Phi) is 5.51. The van der Waals surface area contributed by atoms with Crippen molar-refractivity contribution in [1.29, 1.82) is 0 Å². The number of hydrogen-bond donors (Lipinski definition) is 0. The molecule has 4 aromatic heterocycles. The number of benzene rings is 7. The summed E-state index contributed by atoms with van der Waals surface area (Å²) in [7, 11) is 0. The average molecular weight is 644 g/mol. The smallest absolute Gasteiger partial charge is 0.235 e. The minimum Gasteiger partial charge on any atom is -0.455 e. The number of fused-ring (bicyclic) bond motifs is 12. The van der Waals surface area contributed by atoms with Crippen LogP contribution in [0, 0.1) is 0 Å². The molecule has 0 unspecified atom stereocenters. The van der Waals surface area contributed by atoms with Crippen molar-refractivity contribution < 1.29 is 4.42 Å². The summed E-state index contributed by atoms with van der Waals surface area (Å²) in [5.41, 5.74) is 9.11. The van der Waals surface area contributed by atoms with Gasteiger partial charge in [-0.3, -0.25) is 4.57 Å². The molecule has 0 aliphatic carbocycles. The van der Waals surface area contributed by atoms with Gasteiger partial charge in [0.25, 0.3) is 0 Å². The second kappa shape index (κ2) is 10.1. The molecule has 4 nitrogen and oxygen atoms in total. The summed E-state index contributed by atoms with van der Waals surface area (Å²) < 4.78 is 11.3. The van der Waals surface area contributed by atoms with E-state index >= 15 is 0 Å². The van der Waals surface area contributed by atoms with Gasteiger partial charge in [-0.15, -0.1) is 11.3 Å². The zero-order valence-electron chi connectivity index (χ0n) is 26.1. The molecule has 0 bridgehead atoms. The fourth-order valence-corrected chi connectivity index (χ4v) is 8.83. The molecule has 5 heteroatoms. The standard InChI is InChI=1S/C44H25N3OS/c1-3-13-26(14-4-1)33-25-35-38(30-19-8-7-17-28(30)33)39-34(24-23-31-29-18-9-11-21-36(29)48-42(31)39)47(35)44-45-40(27-15-5-2-6-16-27)43-41(46-44)32-20-10-12-22-37(32)49-43/h1-25H. The third kappa shape index (κ3) is 3.79. The minimum absolute atomic E-state index is 0.639. The second-order valence-electron chi connectivity index (χ2n) is 12.5. The Morgan fingerprint density at radius 1 is 0.510 bits per heavy atom. The third-order valence-electron chi connectivity index (χ3n) is 9.82. The van der Waals surface area contributed by atoms with Crippen LogP contribution in [0.15, 0.2) is 156 Å². The molecule has 228 valence electrons. The van der Waals surface area contributed by atoms with Gasteiger partial charge in [0.05, 0.1) is 32.3 Å². The molecule has 0 amide bonds. The van der Waals surface area contributed by atoms with Crippen LogP contribution >= 0.6 is 11.3 Å². The van der Waals surface area contributed by atoms with Gasteiger partial charge in [-0.2, -0.15) is 0 Å². The van der Waals surface area contributed by atoms with Crippen LogP contribution in [0.4, 0.5) is 0 Å². The molecule has 0 aliphatic heterocycles. The SMILES string of the molecule is c1ccc(-c2cc3c(c4ccccc24)c2c4oc5ccccc5c4ccc2n3-c2nc(-c3ccccc3)c3sc4ccccc4c3n2)cc1. The van der Waals surface area contributed by atoms with Gasteiger partial charge in [0.1, 0.15) is 11.2 Å². The van der Waals surface area contributed by atoms with E-state index in [2.05, 4.69) is 150 Å². The van der Waals surface area contributed by atoms with E-state index in [0.29, 0.717) is 5.95 Å². The predicted molar refractivity (Wildman–Crippen MR) is 205 cm³/mol. The van der Waals surface area contributed by atoms with Crippen molar-refractivity contribution in [1.82, 2.24) is 14.5 Å². The summed E-state index contributed by atoms with van der Waals surface area (Å²) in [6, 6.07) is 53.4. The summed E-state index contributed by atoms with van der Waals surface area (Å²) in [5, 5.41) is 7.91. The van der Waals surface area contributed by atoms with E-state index in [1.807, 2.05) is 6.07 Å². The summed E-state index contributed by atoms with van der Waals surface area (Å²) >= 11 is 1.75. The lowest BCUT2D eigenvalue weighted by Crippen LogP contribution is -2.03. The zero-order chi connectivity index (χ0) is 32.1. The zero-order valence-corrected chi connectivity index (χ0v) is 26.9. The summed E-state index contributed by atoms with van der Waals surface area (Å²) in [5.74, 6) is 0.639. The van der Waals surface area contributed by atoms with Crippen LogP contribution in [0.25, 0.3) is 103 Å². The molecular weight excluding hydrogens is 619 g/mol. The number of thiophene rings is 1. The molecule has 0 atom stereocenters. The highest BCUT2D eigenvalue weighted by molar-refractivity contribution is 7.26. The van der Waals surface area contributed by atoms with E-state index in [4.69, 9.17) is 14.4 Å². The van der Waals surface area contributed by atoms with E-state index in [0.717, 1.165) is 76.2 Å². The monoisotopic (exact) mass is 643 g/mol. The lowest BCUT2D eigenvalue weighted by atomic mass is 9.94. The van der Waals surface area contributed by atoms with Crippen LogP contribution < -0.4 is 0 Å². The molecule has 0 saturated carbocycles. The van der Waals surface area contributed by atoms with Gasteiger partial charge in [-0.25, -0.2) is 9.97 Å². The molecule has 0 spiro atoms. The molecule has 11 aromatic rings. The van der Waals surface area contributed by atoms with E-state index in [1.165, 1.54) is 21.0 Å². The Morgan fingerprint density at radius 2 is 1.18 bits per heavy atom. The van der Waals surface area contributed by atoms with Crippen molar-refractivity contribution in [3.05, 3.63) is 152 Å². The van der Waals surface area contributed by atoms with Crippen molar-refractivity contribution >= 4 is 86.2 Å². The second-order valence-corrected chi connectivity index (χ2v) is 13.6. The normalized spacial score (nSPS) is 12.1. The van der Waals surface area contributed by atoms with Crippen molar-refractivity contribution in [2.75, 3.05) is 0 Å². The number of nitrogens with zero attached hydrogens (tertiary/aromatic N) is 3. The fraction of sp³-hybridized carbons (Fsp3) is 0. The summed E-state index contributed by atoms with van der Waals surface area (Å²) in [6.07, 6.45) is 0. The summed E-state index contributed by atoms with van der Waals surface area (Å²) in [4.78, 5) is 10.9. The van der Waals surface area contributed by atoms with E-state index in [1.54, 1.807) is 11.3 Å². The van der Waals surface area contributed by atoms with Gasteiger partial charge in [-0.05, 0) is 52.2 Å². The van der Waals surface area contributed by atoms with Gasteiger partial charge >= 0.3 is 0 Å². The highest BCUT2D eigenvalue weighted by Gasteiger charge is 2.25. The Bertz CT molecular complexity index is 3100. The molecule has 0 aliphatic rings. The molecule has 49 heavy (non-hydrogen) atoms. The number of para-hydroxylation sites is 1. The Morgan fingerprint density at radius 3 is 2.00 bits per heavy atom. The maximum atomic E-state index is 6.74. The largest absolute Gasteiger partial charge is 0.455 e. The topological polar surface area (TPSA) is 43.9 Å². The van der Waals surface area contributed by atoms with Crippen LogP contribution in [-0.4, -0.2) is 14.5 Å². The lowest BCUT2D eigenvalue weighted by Gasteiger charge is -2.12. The van der Waals surface area contributed by atoms with Crippen LogP contribution in [0.5, 0.6) is 0 Å². The highest BCUT2D eigenvalue weighted by atomic mass is 32.1. The van der Waals surface area contributed by atoms with Gasteiger partial charge in [-0.1, -0.05) is 121 Å². The lowest BCUT2D eigenvalue weighted by molar-refractivity contribution is 0.673. The first-order chi connectivity index (χ1) is 24.3. The molecule has 0 N–H and O–H groups in total. The first kappa shape index (κ1) is 26.7.